The van der Waals surface area contributed by atoms with Crippen LogP contribution in [-0.2, 0) is 4.74 Å². The van der Waals surface area contributed by atoms with Gasteiger partial charge in [0.2, 0.25) is 0 Å². The van der Waals surface area contributed by atoms with Crippen molar-refractivity contribution in [1.82, 2.24) is 0 Å². The molecule has 1 unspecified atom stereocenters. The van der Waals surface area contributed by atoms with Crippen LogP contribution in [0.25, 0.3) is 0 Å². The van der Waals surface area contributed by atoms with E-state index in [4.69, 9.17) is 28.6 Å². The average Bonchev–Trinajstić information content (AvgIpc) is 2.53. The summed E-state index contributed by atoms with van der Waals surface area (Å²) in [7, 11) is 0. The average molecular weight is 352 g/mol. The van der Waals surface area contributed by atoms with Gasteiger partial charge in [0.05, 0.1) is 0 Å². The van der Waals surface area contributed by atoms with Gasteiger partial charge in [-0.2, -0.15) is 0 Å². The van der Waals surface area contributed by atoms with Gasteiger partial charge in [-0.3, -0.25) is 0 Å². The summed E-state index contributed by atoms with van der Waals surface area (Å²) in [6, 6.07) is 7.58. The molecule has 2 aliphatic carbocycles. The molecule has 1 aromatic rings. The summed E-state index contributed by atoms with van der Waals surface area (Å²) in [5.41, 5.74) is 1.28. The van der Waals surface area contributed by atoms with Gasteiger partial charge in [0.25, 0.3) is 5.17 Å². The van der Waals surface area contributed by atoms with E-state index in [0.717, 1.165) is 18.0 Å². The first-order valence-electron chi connectivity index (χ1n) is 8.84. The van der Waals surface area contributed by atoms with Crippen LogP contribution in [-0.4, -0.2) is 11.3 Å². The molecule has 126 valence electrons. The van der Waals surface area contributed by atoms with Gasteiger partial charge in [0, 0.05) is 16.1 Å². The van der Waals surface area contributed by atoms with Gasteiger partial charge in [-0.05, 0) is 74.9 Å². The van der Waals surface area contributed by atoms with E-state index < -0.39 is 0 Å². The van der Waals surface area contributed by atoms with Crippen molar-refractivity contribution in [3.63, 3.8) is 0 Å². The van der Waals surface area contributed by atoms with E-state index in [2.05, 4.69) is 12.2 Å². The van der Waals surface area contributed by atoms with E-state index in [1.807, 2.05) is 24.3 Å². The largest absolute Gasteiger partial charge is 0.467 e. The van der Waals surface area contributed by atoms with Crippen molar-refractivity contribution in [3.8, 4) is 0 Å². The summed E-state index contributed by atoms with van der Waals surface area (Å²) < 4.78 is 6.10. The number of nitrogens with one attached hydrogen (secondary N) is 1. The Labute approximate surface area is 149 Å². The molecule has 1 spiro atoms. The van der Waals surface area contributed by atoms with Crippen LogP contribution in [0, 0.1) is 11.3 Å². The van der Waals surface area contributed by atoms with Crippen molar-refractivity contribution < 1.29 is 4.74 Å². The summed E-state index contributed by atoms with van der Waals surface area (Å²) in [5, 5.41) is 4.34. The van der Waals surface area contributed by atoms with Crippen molar-refractivity contribution in [1.29, 1.82) is 0 Å². The number of hydrogen-bond donors (Lipinski definition) is 1. The van der Waals surface area contributed by atoms with E-state index >= 15 is 0 Å². The zero-order valence-corrected chi connectivity index (χ0v) is 15.4. The molecular formula is C19H26ClNOS. The van der Waals surface area contributed by atoms with E-state index in [1.165, 1.54) is 44.9 Å². The number of hydrogen-bond acceptors (Lipinski definition) is 2. The highest BCUT2D eigenvalue weighted by Gasteiger charge is 2.50. The molecule has 2 saturated carbocycles. The number of halogens is 1. The van der Waals surface area contributed by atoms with Crippen molar-refractivity contribution in [2.24, 2.45) is 11.3 Å². The second kappa shape index (κ2) is 7.40. The van der Waals surface area contributed by atoms with Gasteiger partial charge in [0.1, 0.15) is 6.10 Å². The minimum atomic E-state index is 0.296. The molecule has 0 radical (unpaired) electrons. The fourth-order valence-corrected chi connectivity index (χ4v) is 4.64. The lowest BCUT2D eigenvalue weighted by Gasteiger charge is -2.52. The lowest BCUT2D eigenvalue weighted by molar-refractivity contribution is -0.0843. The molecule has 2 aliphatic rings. The van der Waals surface area contributed by atoms with Crippen LogP contribution in [0.5, 0.6) is 0 Å². The van der Waals surface area contributed by atoms with Gasteiger partial charge >= 0.3 is 0 Å². The zero-order valence-electron chi connectivity index (χ0n) is 13.8. The quantitative estimate of drug-likeness (QED) is 0.653. The third kappa shape index (κ3) is 4.00. The number of thiocarbonyl (C=S) groups is 1. The van der Waals surface area contributed by atoms with Crippen LogP contribution < -0.4 is 5.32 Å². The third-order valence-corrected chi connectivity index (χ3v) is 6.14. The molecule has 3 rings (SSSR count). The maximum Gasteiger partial charge on any atom is 0.261 e. The van der Waals surface area contributed by atoms with Crippen LogP contribution in [0.4, 0.5) is 5.69 Å². The Hall–Kier alpha value is -0.800. The summed E-state index contributed by atoms with van der Waals surface area (Å²) in [6.07, 6.45) is 10.8. The van der Waals surface area contributed by atoms with Crippen molar-refractivity contribution in [3.05, 3.63) is 29.3 Å². The van der Waals surface area contributed by atoms with Crippen molar-refractivity contribution in [2.75, 3.05) is 5.32 Å². The second-order valence-electron chi connectivity index (χ2n) is 7.16. The molecular weight excluding hydrogens is 326 g/mol. The lowest BCUT2D eigenvalue weighted by Crippen LogP contribution is -2.50. The SMILES string of the molecule is CCCC1CCC2(CC1)CCC2OC(=S)Nc1cccc(Cl)c1. The predicted molar refractivity (Wildman–Crippen MR) is 101 cm³/mol. The Morgan fingerprint density at radius 3 is 2.65 bits per heavy atom. The molecule has 2 nitrogen and oxygen atoms in total. The smallest absolute Gasteiger partial charge is 0.261 e. The van der Waals surface area contributed by atoms with E-state index in [9.17, 15) is 0 Å². The molecule has 1 N–H and O–H groups in total. The maximum absolute atomic E-state index is 6.10. The summed E-state index contributed by atoms with van der Waals surface area (Å²) in [6.45, 7) is 2.29. The summed E-state index contributed by atoms with van der Waals surface area (Å²) in [5.74, 6) is 0.934. The number of benzene rings is 1. The minimum absolute atomic E-state index is 0.296. The highest BCUT2D eigenvalue weighted by Crippen LogP contribution is 2.54. The van der Waals surface area contributed by atoms with E-state index in [0.29, 0.717) is 21.7 Å². The van der Waals surface area contributed by atoms with Crippen LogP contribution in [0.3, 0.4) is 0 Å². The minimum Gasteiger partial charge on any atom is -0.467 e. The molecule has 1 atom stereocenters. The standard InChI is InChI=1S/C19H26ClNOS/c1-2-4-14-7-10-19(11-8-14)12-9-17(19)22-18(23)21-16-6-3-5-15(20)13-16/h3,5-6,13-14,17H,2,4,7-12H2,1H3,(H,21,23). The Morgan fingerprint density at radius 1 is 1.30 bits per heavy atom. The van der Waals surface area contributed by atoms with Gasteiger partial charge in [-0.25, -0.2) is 0 Å². The van der Waals surface area contributed by atoms with E-state index in [1.54, 1.807) is 0 Å². The third-order valence-electron chi connectivity index (χ3n) is 5.71. The molecule has 0 aliphatic heterocycles. The monoisotopic (exact) mass is 351 g/mol. The molecule has 0 aromatic heterocycles. The van der Waals surface area contributed by atoms with Gasteiger partial charge < -0.3 is 10.1 Å². The van der Waals surface area contributed by atoms with Gasteiger partial charge in [-0.15, -0.1) is 0 Å². The highest BCUT2D eigenvalue weighted by atomic mass is 35.5. The summed E-state index contributed by atoms with van der Waals surface area (Å²) >= 11 is 11.4. The van der Waals surface area contributed by atoms with Crippen LogP contribution >= 0.6 is 23.8 Å². The Morgan fingerprint density at radius 2 is 2.04 bits per heavy atom. The Bertz CT molecular complexity index is 554. The predicted octanol–water partition coefficient (Wildman–Crippen LogP) is 6.19. The van der Waals surface area contributed by atoms with Crippen LogP contribution in [0.1, 0.15) is 58.3 Å². The van der Waals surface area contributed by atoms with Gasteiger partial charge in [0.15, 0.2) is 0 Å². The maximum atomic E-state index is 6.10. The molecule has 0 bridgehead atoms. The zero-order chi connectivity index (χ0) is 16.3. The van der Waals surface area contributed by atoms with E-state index in [-0.39, 0.29) is 0 Å². The Balaban J connectivity index is 1.51. The van der Waals surface area contributed by atoms with Crippen molar-refractivity contribution >= 4 is 34.7 Å². The van der Waals surface area contributed by atoms with Crippen LogP contribution in [0.2, 0.25) is 5.02 Å². The molecule has 4 heteroatoms. The first kappa shape index (κ1) is 17.0. The lowest BCUT2D eigenvalue weighted by atomic mass is 9.57. The number of anilines is 1. The highest BCUT2D eigenvalue weighted by molar-refractivity contribution is 7.80. The first-order valence-corrected chi connectivity index (χ1v) is 9.63. The normalized spacial score (nSPS) is 29.8. The van der Waals surface area contributed by atoms with Crippen molar-refractivity contribution in [2.45, 2.75) is 64.4 Å². The summed E-state index contributed by atoms with van der Waals surface area (Å²) in [4.78, 5) is 0. The molecule has 0 saturated heterocycles. The van der Waals surface area contributed by atoms with Crippen LogP contribution in [0.15, 0.2) is 24.3 Å². The molecule has 1 aromatic carbocycles. The number of rotatable bonds is 4. The fraction of sp³-hybridized carbons (Fsp3) is 0.632. The Kier molecular flexibility index (Phi) is 5.48. The second-order valence-corrected chi connectivity index (χ2v) is 7.97. The first-order chi connectivity index (χ1) is 11.1. The molecule has 0 heterocycles. The molecule has 2 fully saturated rings. The fourth-order valence-electron chi connectivity index (χ4n) is 4.22. The number of ether oxygens (including phenoxy) is 1. The molecule has 0 amide bonds. The topological polar surface area (TPSA) is 21.3 Å². The van der Waals surface area contributed by atoms with Gasteiger partial charge in [-0.1, -0.05) is 37.4 Å². The molecule has 23 heavy (non-hydrogen) atoms.